The molecule has 154 valence electrons. The van der Waals surface area contributed by atoms with Gasteiger partial charge in [0.05, 0.1) is 12.5 Å². The van der Waals surface area contributed by atoms with Crippen LogP contribution >= 0.6 is 0 Å². The van der Waals surface area contributed by atoms with Gasteiger partial charge in [-0.25, -0.2) is 0 Å². The summed E-state index contributed by atoms with van der Waals surface area (Å²) in [5.41, 5.74) is 3.80. The number of carbonyl (C=O) groups is 2. The molecule has 7 heteroatoms. The topological polar surface area (TPSA) is 96.9 Å². The van der Waals surface area contributed by atoms with Crippen LogP contribution in [0.3, 0.4) is 0 Å². The fraction of sp³-hybridized carbons (Fsp3) is 0.304. The van der Waals surface area contributed by atoms with Gasteiger partial charge in [-0.05, 0) is 53.8 Å². The summed E-state index contributed by atoms with van der Waals surface area (Å²) in [6.07, 6.45) is 5.27. The second-order valence-corrected chi connectivity index (χ2v) is 7.79. The number of carbonyl (C=O) groups excluding carboxylic acids is 1. The first-order valence-electron chi connectivity index (χ1n) is 10.1. The Morgan fingerprint density at radius 1 is 1.13 bits per heavy atom. The lowest BCUT2D eigenvalue weighted by Gasteiger charge is -2.37. The first kappa shape index (κ1) is 18.5. The number of hydrogen-bond donors (Lipinski definition) is 3. The zero-order valence-corrected chi connectivity index (χ0v) is 16.3. The Labute approximate surface area is 173 Å². The molecule has 1 amide bonds. The SMILES string of the molecule is O=C(O)CCNC(=O)c1ccc2c(c1)[C@H]1C=CC[C@H]1[C@@H](c1ccc3c(c1)OCO3)N2. The van der Waals surface area contributed by atoms with Crippen LogP contribution in [0, 0.1) is 5.92 Å². The third kappa shape index (κ3) is 3.26. The number of benzene rings is 2. The van der Waals surface area contributed by atoms with Crippen molar-refractivity contribution in [3.63, 3.8) is 0 Å². The van der Waals surface area contributed by atoms with Gasteiger partial charge in [0, 0.05) is 23.7 Å². The molecule has 5 rings (SSSR count). The fourth-order valence-corrected chi connectivity index (χ4v) is 4.56. The molecule has 0 radical (unpaired) electrons. The molecular formula is C23H22N2O5. The Balaban J connectivity index is 1.41. The minimum Gasteiger partial charge on any atom is -0.481 e. The van der Waals surface area contributed by atoms with Crippen molar-refractivity contribution in [2.24, 2.45) is 5.92 Å². The molecule has 0 unspecified atom stereocenters. The quantitative estimate of drug-likeness (QED) is 0.658. The van der Waals surface area contributed by atoms with E-state index in [9.17, 15) is 9.59 Å². The summed E-state index contributed by atoms with van der Waals surface area (Å²) in [6, 6.07) is 11.8. The molecule has 0 saturated heterocycles. The fourth-order valence-electron chi connectivity index (χ4n) is 4.56. The van der Waals surface area contributed by atoms with E-state index in [1.165, 1.54) is 0 Å². The predicted molar refractivity (Wildman–Crippen MR) is 110 cm³/mol. The summed E-state index contributed by atoms with van der Waals surface area (Å²) in [5.74, 6) is 0.908. The number of nitrogens with one attached hydrogen (secondary N) is 2. The van der Waals surface area contributed by atoms with E-state index >= 15 is 0 Å². The van der Waals surface area contributed by atoms with Crippen LogP contribution in [0.15, 0.2) is 48.6 Å². The number of hydrogen-bond acceptors (Lipinski definition) is 5. The van der Waals surface area contributed by atoms with E-state index in [0.29, 0.717) is 11.5 Å². The Morgan fingerprint density at radius 2 is 2.00 bits per heavy atom. The second kappa shape index (κ2) is 7.40. The minimum atomic E-state index is -0.932. The first-order valence-corrected chi connectivity index (χ1v) is 10.1. The van der Waals surface area contributed by atoms with Gasteiger partial charge in [-0.1, -0.05) is 18.2 Å². The Morgan fingerprint density at radius 3 is 2.87 bits per heavy atom. The van der Waals surface area contributed by atoms with Crippen LogP contribution in [0.25, 0.3) is 0 Å². The smallest absolute Gasteiger partial charge is 0.305 e. The van der Waals surface area contributed by atoms with E-state index in [2.05, 4.69) is 28.9 Å². The number of ether oxygens (including phenoxy) is 2. The van der Waals surface area contributed by atoms with Crippen molar-refractivity contribution >= 4 is 17.6 Å². The van der Waals surface area contributed by atoms with Gasteiger partial charge in [0.1, 0.15) is 0 Å². The average Bonchev–Trinajstić information content (AvgIpc) is 3.41. The van der Waals surface area contributed by atoms with E-state index in [-0.39, 0.29) is 37.6 Å². The third-order valence-corrected chi connectivity index (χ3v) is 6.01. The van der Waals surface area contributed by atoms with Crippen molar-refractivity contribution in [3.8, 4) is 11.5 Å². The molecule has 1 aliphatic carbocycles. The molecule has 3 aliphatic rings. The average molecular weight is 406 g/mol. The largest absolute Gasteiger partial charge is 0.481 e. The standard InChI is InChI=1S/C23H22N2O5/c26-21(27)8-9-24-23(28)14-4-6-18-17(10-14)15-2-1-3-16(15)22(25-18)13-5-7-19-20(11-13)30-12-29-19/h1-2,4-7,10-11,15-16,22,25H,3,8-9,12H2,(H,24,28)(H,26,27)/t15-,16+,22+/m0/s1. The van der Waals surface area contributed by atoms with Gasteiger partial charge in [-0.3, -0.25) is 9.59 Å². The number of allylic oxidation sites excluding steroid dienone is 2. The molecule has 7 nitrogen and oxygen atoms in total. The number of carboxylic acids is 1. The van der Waals surface area contributed by atoms with Gasteiger partial charge in [0.15, 0.2) is 11.5 Å². The van der Waals surface area contributed by atoms with Crippen LogP contribution in [0.5, 0.6) is 11.5 Å². The number of aliphatic carboxylic acids is 1. The zero-order valence-electron chi connectivity index (χ0n) is 16.3. The molecular weight excluding hydrogens is 384 g/mol. The van der Waals surface area contributed by atoms with E-state index in [0.717, 1.165) is 34.7 Å². The summed E-state index contributed by atoms with van der Waals surface area (Å²) in [7, 11) is 0. The molecule has 2 aromatic carbocycles. The molecule has 3 atom stereocenters. The number of rotatable bonds is 5. The van der Waals surface area contributed by atoms with E-state index in [1.54, 1.807) is 6.07 Å². The van der Waals surface area contributed by atoms with Crippen molar-refractivity contribution in [1.29, 1.82) is 0 Å². The Bertz CT molecular complexity index is 1050. The van der Waals surface area contributed by atoms with E-state index < -0.39 is 5.97 Å². The highest BCUT2D eigenvalue weighted by Crippen LogP contribution is 2.50. The maximum absolute atomic E-state index is 12.4. The first-order chi connectivity index (χ1) is 14.6. The maximum Gasteiger partial charge on any atom is 0.305 e. The highest BCUT2D eigenvalue weighted by molar-refractivity contribution is 5.95. The van der Waals surface area contributed by atoms with Gasteiger partial charge in [0.2, 0.25) is 6.79 Å². The Hall–Kier alpha value is -3.48. The highest BCUT2D eigenvalue weighted by atomic mass is 16.7. The van der Waals surface area contributed by atoms with Crippen molar-refractivity contribution in [2.45, 2.75) is 24.8 Å². The summed E-state index contributed by atoms with van der Waals surface area (Å²) >= 11 is 0. The lowest BCUT2D eigenvalue weighted by molar-refractivity contribution is -0.136. The van der Waals surface area contributed by atoms with Gasteiger partial charge < -0.3 is 25.2 Å². The normalized spacial score (nSPS) is 22.7. The van der Waals surface area contributed by atoms with Crippen LogP contribution in [0.1, 0.15) is 46.3 Å². The van der Waals surface area contributed by atoms with E-state index in [1.807, 2.05) is 24.3 Å². The Kier molecular flexibility index (Phi) is 4.58. The van der Waals surface area contributed by atoms with Crippen LogP contribution in [0.4, 0.5) is 5.69 Å². The molecule has 0 aromatic heterocycles. The predicted octanol–water partition coefficient (Wildman–Crippen LogP) is 3.45. The summed E-state index contributed by atoms with van der Waals surface area (Å²) < 4.78 is 11.0. The van der Waals surface area contributed by atoms with Gasteiger partial charge in [-0.15, -0.1) is 0 Å². The summed E-state index contributed by atoms with van der Waals surface area (Å²) in [5, 5.41) is 15.1. The lowest BCUT2D eigenvalue weighted by Crippen LogP contribution is -2.30. The molecule has 2 aromatic rings. The van der Waals surface area contributed by atoms with E-state index in [4.69, 9.17) is 14.6 Å². The van der Waals surface area contributed by atoms with Crippen LogP contribution in [0.2, 0.25) is 0 Å². The van der Waals surface area contributed by atoms with Crippen molar-refractivity contribution in [1.82, 2.24) is 5.32 Å². The zero-order chi connectivity index (χ0) is 20.7. The van der Waals surface area contributed by atoms with Gasteiger partial charge in [-0.2, -0.15) is 0 Å². The van der Waals surface area contributed by atoms with Crippen molar-refractivity contribution < 1.29 is 24.2 Å². The molecule has 0 fully saturated rings. The third-order valence-electron chi connectivity index (χ3n) is 6.01. The van der Waals surface area contributed by atoms with Crippen LogP contribution < -0.4 is 20.1 Å². The summed E-state index contributed by atoms with van der Waals surface area (Å²) in [4.78, 5) is 23.1. The molecule has 0 saturated carbocycles. The van der Waals surface area contributed by atoms with Crippen molar-refractivity contribution in [2.75, 3.05) is 18.7 Å². The monoisotopic (exact) mass is 406 g/mol. The second-order valence-electron chi connectivity index (χ2n) is 7.79. The molecule has 2 heterocycles. The maximum atomic E-state index is 12.4. The van der Waals surface area contributed by atoms with Gasteiger partial charge >= 0.3 is 5.97 Å². The lowest BCUT2D eigenvalue weighted by atomic mass is 9.76. The minimum absolute atomic E-state index is 0.0944. The molecule has 3 N–H and O–H groups in total. The molecule has 2 aliphatic heterocycles. The molecule has 0 bridgehead atoms. The molecule has 0 spiro atoms. The van der Waals surface area contributed by atoms with Crippen molar-refractivity contribution in [3.05, 3.63) is 65.2 Å². The number of carboxylic acid groups (broad SMARTS) is 1. The number of amides is 1. The molecule has 30 heavy (non-hydrogen) atoms. The summed E-state index contributed by atoms with van der Waals surface area (Å²) in [6.45, 7) is 0.367. The highest BCUT2D eigenvalue weighted by Gasteiger charge is 2.38. The number of anilines is 1. The number of fused-ring (bicyclic) bond motifs is 4. The van der Waals surface area contributed by atoms with Crippen LogP contribution in [-0.4, -0.2) is 30.3 Å². The van der Waals surface area contributed by atoms with Crippen LogP contribution in [-0.2, 0) is 4.79 Å². The van der Waals surface area contributed by atoms with Gasteiger partial charge in [0.25, 0.3) is 5.91 Å².